The Kier molecular flexibility index (Phi) is 4.75. The molecule has 0 radical (unpaired) electrons. The SMILES string of the molecule is CCNCC1CCCN1c1cc(OCC)ncn1. The van der Waals surface area contributed by atoms with Crippen LogP contribution in [0.4, 0.5) is 5.82 Å². The molecule has 0 spiro atoms. The summed E-state index contributed by atoms with van der Waals surface area (Å²) in [7, 11) is 0. The molecule has 5 nitrogen and oxygen atoms in total. The molecular formula is C13H22N4O. The summed E-state index contributed by atoms with van der Waals surface area (Å²) in [6.07, 6.45) is 4.04. The Balaban J connectivity index is 2.06. The fourth-order valence-corrected chi connectivity index (χ4v) is 2.37. The number of hydrogen-bond donors (Lipinski definition) is 1. The van der Waals surface area contributed by atoms with Crippen molar-refractivity contribution in [1.29, 1.82) is 0 Å². The van der Waals surface area contributed by atoms with Crippen LogP contribution in [0, 0.1) is 0 Å². The van der Waals surface area contributed by atoms with E-state index in [0.29, 0.717) is 18.5 Å². The molecule has 1 unspecified atom stereocenters. The van der Waals surface area contributed by atoms with Gasteiger partial charge in [0, 0.05) is 25.2 Å². The molecule has 1 atom stereocenters. The molecule has 1 N–H and O–H groups in total. The zero-order valence-corrected chi connectivity index (χ0v) is 11.2. The molecule has 5 heteroatoms. The lowest BCUT2D eigenvalue weighted by molar-refractivity contribution is 0.326. The van der Waals surface area contributed by atoms with Gasteiger partial charge >= 0.3 is 0 Å². The quantitative estimate of drug-likeness (QED) is 0.828. The van der Waals surface area contributed by atoms with Crippen molar-refractivity contribution in [1.82, 2.24) is 15.3 Å². The van der Waals surface area contributed by atoms with E-state index in [1.807, 2.05) is 13.0 Å². The lowest BCUT2D eigenvalue weighted by Gasteiger charge is -2.25. The van der Waals surface area contributed by atoms with Gasteiger partial charge in [-0.2, -0.15) is 0 Å². The summed E-state index contributed by atoms with van der Waals surface area (Å²) in [5, 5.41) is 3.41. The molecule has 0 aliphatic carbocycles. The molecule has 2 rings (SSSR count). The maximum Gasteiger partial charge on any atom is 0.218 e. The van der Waals surface area contributed by atoms with E-state index in [-0.39, 0.29) is 0 Å². The van der Waals surface area contributed by atoms with Gasteiger partial charge in [0.25, 0.3) is 0 Å². The first-order valence-corrected chi connectivity index (χ1v) is 6.77. The molecule has 100 valence electrons. The van der Waals surface area contributed by atoms with Gasteiger partial charge in [-0.25, -0.2) is 9.97 Å². The van der Waals surface area contributed by atoms with Gasteiger partial charge in [0.1, 0.15) is 12.1 Å². The van der Waals surface area contributed by atoms with E-state index in [1.165, 1.54) is 12.8 Å². The molecule has 1 aromatic heterocycles. The number of anilines is 1. The average Bonchev–Trinajstić information content (AvgIpc) is 2.85. The first-order valence-electron chi connectivity index (χ1n) is 6.77. The predicted molar refractivity (Wildman–Crippen MR) is 72.1 cm³/mol. The highest BCUT2D eigenvalue weighted by Crippen LogP contribution is 2.25. The molecule has 1 aromatic rings. The topological polar surface area (TPSA) is 50.3 Å². The summed E-state index contributed by atoms with van der Waals surface area (Å²) in [6, 6.07) is 2.47. The van der Waals surface area contributed by atoms with Crippen molar-refractivity contribution in [3.05, 3.63) is 12.4 Å². The third kappa shape index (κ3) is 3.10. The van der Waals surface area contributed by atoms with E-state index < -0.39 is 0 Å². The first-order chi connectivity index (χ1) is 8.85. The van der Waals surface area contributed by atoms with Crippen LogP contribution in [0.3, 0.4) is 0 Å². The van der Waals surface area contributed by atoms with Crippen LogP contribution in [0.5, 0.6) is 5.88 Å². The molecule has 2 heterocycles. The fraction of sp³-hybridized carbons (Fsp3) is 0.692. The smallest absolute Gasteiger partial charge is 0.218 e. The van der Waals surface area contributed by atoms with Crippen LogP contribution in [0.1, 0.15) is 26.7 Å². The first kappa shape index (κ1) is 13.1. The molecule has 1 aliphatic rings. The van der Waals surface area contributed by atoms with Crippen LogP contribution < -0.4 is 15.0 Å². The zero-order chi connectivity index (χ0) is 12.8. The van der Waals surface area contributed by atoms with Crippen molar-refractivity contribution >= 4 is 5.82 Å². The highest BCUT2D eigenvalue weighted by molar-refractivity contribution is 5.43. The van der Waals surface area contributed by atoms with Crippen LogP contribution in [0.2, 0.25) is 0 Å². The number of likely N-dealkylation sites (N-methyl/N-ethyl adjacent to an activating group) is 1. The Morgan fingerprint density at radius 3 is 3.11 bits per heavy atom. The largest absolute Gasteiger partial charge is 0.478 e. The Morgan fingerprint density at radius 1 is 1.44 bits per heavy atom. The van der Waals surface area contributed by atoms with E-state index in [0.717, 1.165) is 25.5 Å². The monoisotopic (exact) mass is 250 g/mol. The Morgan fingerprint density at radius 2 is 2.33 bits per heavy atom. The highest BCUT2D eigenvalue weighted by atomic mass is 16.5. The van der Waals surface area contributed by atoms with Crippen molar-refractivity contribution in [2.45, 2.75) is 32.7 Å². The van der Waals surface area contributed by atoms with Crippen molar-refractivity contribution in [3.8, 4) is 5.88 Å². The minimum atomic E-state index is 0.536. The van der Waals surface area contributed by atoms with E-state index >= 15 is 0 Å². The number of nitrogens with zero attached hydrogens (tertiary/aromatic N) is 3. The van der Waals surface area contributed by atoms with Crippen LogP contribution in [-0.4, -0.2) is 42.3 Å². The standard InChI is InChI=1S/C13H22N4O/c1-3-14-9-11-6-5-7-17(11)12-8-13(18-4-2)16-10-15-12/h8,10-11,14H,3-7,9H2,1-2H3. The van der Waals surface area contributed by atoms with Crippen molar-refractivity contribution in [2.75, 3.05) is 31.1 Å². The Bertz CT molecular complexity index is 372. The van der Waals surface area contributed by atoms with Gasteiger partial charge in [-0.3, -0.25) is 0 Å². The zero-order valence-electron chi connectivity index (χ0n) is 11.2. The van der Waals surface area contributed by atoms with Crippen LogP contribution in [0.15, 0.2) is 12.4 Å². The van der Waals surface area contributed by atoms with E-state index in [9.17, 15) is 0 Å². The van der Waals surface area contributed by atoms with Crippen molar-refractivity contribution in [3.63, 3.8) is 0 Å². The highest BCUT2D eigenvalue weighted by Gasteiger charge is 2.25. The normalized spacial score (nSPS) is 19.2. The van der Waals surface area contributed by atoms with Crippen LogP contribution in [0.25, 0.3) is 0 Å². The molecule has 18 heavy (non-hydrogen) atoms. The summed E-state index contributed by atoms with van der Waals surface area (Å²) in [6.45, 7) is 7.83. The Labute approximate surface area is 109 Å². The summed E-state index contributed by atoms with van der Waals surface area (Å²) >= 11 is 0. The number of hydrogen-bond acceptors (Lipinski definition) is 5. The number of ether oxygens (including phenoxy) is 1. The van der Waals surface area contributed by atoms with Gasteiger partial charge in [0.05, 0.1) is 6.61 Å². The maximum atomic E-state index is 5.43. The summed E-state index contributed by atoms with van der Waals surface area (Å²) in [4.78, 5) is 10.8. The van der Waals surface area contributed by atoms with Crippen molar-refractivity contribution < 1.29 is 4.74 Å². The number of aromatic nitrogens is 2. The predicted octanol–water partition coefficient (Wildman–Crippen LogP) is 1.45. The summed E-state index contributed by atoms with van der Waals surface area (Å²) < 4.78 is 5.43. The van der Waals surface area contributed by atoms with Crippen LogP contribution in [-0.2, 0) is 0 Å². The maximum absolute atomic E-state index is 5.43. The average molecular weight is 250 g/mol. The van der Waals surface area contributed by atoms with E-state index in [4.69, 9.17) is 4.74 Å². The lowest BCUT2D eigenvalue weighted by atomic mass is 10.2. The van der Waals surface area contributed by atoms with Gasteiger partial charge in [0.15, 0.2) is 0 Å². The van der Waals surface area contributed by atoms with Gasteiger partial charge in [-0.15, -0.1) is 0 Å². The van der Waals surface area contributed by atoms with E-state index in [2.05, 4.69) is 27.1 Å². The second-order valence-corrected chi connectivity index (χ2v) is 4.44. The molecule has 0 amide bonds. The summed E-state index contributed by atoms with van der Waals surface area (Å²) in [5.41, 5.74) is 0. The number of rotatable bonds is 6. The summed E-state index contributed by atoms with van der Waals surface area (Å²) in [5.74, 6) is 1.64. The van der Waals surface area contributed by atoms with Gasteiger partial charge in [-0.05, 0) is 26.3 Å². The molecule has 0 saturated carbocycles. The Hall–Kier alpha value is -1.36. The molecule has 0 bridgehead atoms. The molecule has 1 saturated heterocycles. The second kappa shape index (κ2) is 6.54. The second-order valence-electron chi connectivity index (χ2n) is 4.44. The third-order valence-corrected chi connectivity index (χ3v) is 3.22. The minimum Gasteiger partial charge on any atom is -0.478 e. The van der Waals surface area contributed by atoms with Gasteiger partial charge in [0.2, 0.25) is 5.88 Å². The molecule has 1 aliphatic heterocycles. The molecule has 0 aromatic carbocycles. The molecule has 1 fully saturated rings. The van der Waals surface area contributed by atoms with Gasteiger partial charge < -0.3 is 15.0 Å². The minimum absolute atomic E-state index is 0.536. The van der Waals surface area contributed by atoms with Crippen molar-refractivity contribution in [2.24, 2.45) is 0 Å². The van der Waals surface area contributed by atoms with Gasteiger partial charge in [-0.1, -0.05) is 6.92 Å². The van der Waals surface area contributed by atoms with E-state index in [1.54, 1.807) is 6.33 Å². The molecular weight excluding hydrogens is 228 g/mol. The lowest BCUT2D eigenvalue weighted by Crippen LogP contribution is -2.38. The fourth-order valence-electron chi connectivity index (χ4n) is 2.37. The number of nitrogens with one attached hydrogen (secondary N) is 1. The van der Waals surface area contributed by atoms with Crippen LogP contribution >= 0.6 is 0 Å². The third-order valence-electron chi connectivity index (χ3n) is 3.22.